The second-order valence-electron chi connectivity index (χ2n) is 6.45. The third kappa shape index (κ3) is 2.65. The summed E-state index contributed by atoms with van der Waals surface area (Å²) in [7, 11) is -3.53. The van der Waals surface area contributed by atoms with Crippen LogP contribution in [-0.2, 0) is 9.84 Å². The first-order valence-corrected chi connectivity index (χ1v) is 9.75. The zero-order valence-electron chi connectivity index (χ0n) is 13.4. The third-order valence-corrected chi connectivity index (χ3v) is 7.61. The second-order valence-corrected chi connectivity index (χ2v) is 8.96. The molecule has 2 atom stereocenters. The van der Waals surface area contributed by atoms with Gasteiger partial charge in [-0.05, 0) is 36.8 Å². The highest BCUT2D eigenvalue weighted by atomic mass is 35.5. The Kier molecular flexibility index (Phi) is 4.47. The van der Waals surface area contributed by atoms with E-state index in [1.165, 1.54) is 0 Å². The largest absolute Gasteiger partial charge is 0.330 e. The fourth-order valence-electron chi connectivity index (χ4n) is 3.59. The molecule has 4 N–H and O–H groups in total. The molecule has 1 aliphatic rings. The van der Waals surface area contributed by atoms with Crippen molar-refractivity contribution >= 4 is 21.4 Å². The summed E-state index contributed by atoms with van der Waals surface area (Å²) in [6.45, 7) is 2.36. The zero-order chi connectivity index (χ0) is 17.5. The zero-order valence-corrected chi connectivity index (χ0v) is 15.0. The molecule has 24 heavy (non-hydrogen) atoms. The van der Waals surface area contributed by atoms with E-state index in [2.05, 4.69) is 0 Å². The third-order valence-electron chi connectivity index (χ3n) is 5.03. The van der Waals surface area contributed by atoms with Crippen LogP contribution in [-0.4, -0.2) is 26.8 Å². The molecule has 0 unspecified atom stereocenters. The van der Waals surface area contributed by atoms with Gasteiger partial charge in [0, 0.05) is 29.4 Å². The van der Waals surface area contributed by atoms with E-state index in [1.54, 1.807) is 36.4 Å². The summed E-state index contributed by atoms with van der Waals surface area (Å²) in [5.41, 5.74) is 13.2. The van der Waals surface area contributed by atoms with Crippen LogP contribution in [0.5, 0.6) is 0 Å². The van der Waals surface area contributed by atoms with Crippen molar-refractivity contribution in [1.82, 2.24) is 0 Å². The Morgan fingerprint density at radius 1 is 1.08 bits per heavy atom. The minimum absolute atomic E-state index is 0.219. The SMILES string of the molecule is Cc1ccc(S(=O)(=O)[C@@H]2[C@H](c3cccc(Cl)c3)C2(CN)CN)cc1. The lowest BCUT2D eigenvalue weighted by Crippen LogP contribution is -2.31. The van der Waals surface area contributed by atoms with Crippen molar-refractivity contribution in [2.45, 2.75) is 23.0 Å². The molecule has 3 rings (SSSR count). The van der Waals surface area contributed by atoms with Crippen molar-refractivity contribution in [3.05, 3.63) is 64.7 Å². The molecule has 0 spiro atoms. The summed E-state index contributed by atoms with van der Waals surface area (Å²) in [5.74, 6) is -0.238. The molecule has 0 saturated heterocycles. The summed E-state index contributed by atoms with van der Waals surface area (Å²) in [4.78, 5) is 0.314. The van der Waals surface area contributed by atoms with Gasteiger partial charge in [0.15, 0.2) is 9.84 Å². The number of rotatable bonds is 5. The van der Waals surface area contributed by atoms with Gasteiger partial charge in [-0.15, -0.1) is 0 Å². The number of sulfone groups is 1. The van der Waals surface area contributed by atoms with E-state index in [4.69, 9.17) is 23.1 Å². The predicted molar refractivity (Wildman–Crippen MR) is 96.9 cm³/mol. The van der Waals surface area contributed by atoms with E-state index in [0.717, 1.165) is 11.1 Å². The molecular formula is C18H21ClN2O2S. The average Bonchev–Trinajstić information content (AvgIpc) is 3.26. The van der Waals surface area contributed by atoms with Crippen molar-refractivity contribution in [1.29, 1.82) is 0 Å². The Balaban J connectivity index is 2.06. The number of benzene rings is 2. The summed E-state index contributed by atoms with van der Waals surface area (Å²) in [6, 6.07) is 14.2. The van der Waals surface area contributed by atoms with Crippen LogP contribution in [0.1, 0.15) is 17.0 Å². The van der Waals surface area contributed by atoms with Crippen molar-refractivity contribution < 1.29 is 8.42 Å². The monoisotopic (exact) mass is 364 g/mol. The van der Waals surface area contributed by atoms with E-state index < -0.39 is 20.5 Å². The standard InChI is InChI=1S/C18H21ClN2O2S/c1-12-5-7-15(8-6-12)24(22,23)17-16(18(17,10-20)11-21)13-3-2-4-14(19)9-13/h2-9,16-17H,10-11,20-21H2,1H3/t16-,17+/m0/s1. The number of aryl methyl sites for hydroxylation is 1. The van der Waals surface area contributed by atoms with Gasteiger partial charge in [0.1, 0.15) is 0 Å². The Labute approximate surface area is 147 Å². The topological polar surface area (TPSA) is 86.2 Å². The lowest BCUT2D eigenvalue weighted by atomic mass is 9.99. The van der Waals surface area contributed by atoms with E-state index in [1.807, 2.05) is 19.1 Å². The summed E-state index contributed by atoms with van der Waals surface area (Å²) >= 11 is 6.08. The van der Waals surface area contributed by atoms with Gasteiger partial charge in [-0.25, -0.2) is 8.42 Å². The predicted octanol–water partition coefficient (Wildman–Crippen LogP) is 2.49. The highest BCUT2D eigenvalue weighted by Gasteiger charge is 2.69. The van der Waals surface area contributed by atoms with Crippen molar-refractivity contribution in [3.8, 4) is 0 Å². The molecular weight excluding hydrogens is 344 g/mol. The van der Waals surface area contributed by atoms with Crippen LogP contribution in [0.15, 0.2) is 53.4 Å². The van der Waals surface area contributed by atoms with Gasteiger partial charge in [0.05, 0.1) is 10.1 Å². The van der Waals surface area contributed by atoms with Crippen LogP contribution >= 0.6 is 11.6 Å². The molecule has 4 nitrogen and oxygen atoms in total. The normalized spacial score (nSPS) is 22.3. The van der Waals surface area contributed by atoms with E-state index in [0.29, 0.717) is 9.92 Å². The van der Waals surface area contributed by atoms with Crippen LogP contribution in [0.4, 0.5) is 0 Å². The summed E-state index contributed by atoms with van der Waals surface area (Å²) < 4.78 is 26.3. The molecule has 0 amide bonds. The molecule has 1 aliphatic carbocycles. The van der Waals surface area contributed by atoms with Gasteiger partial charge in [0.25, 0.3) is 0 Å². The number of nitrogens with two attached hydrogens (primary N) is 2. The first-order valence-electron chi connectivity index (χ1n) is 7.83. The second kappa shape index (κ2) is 6.15. The van der Waals surface area contributed by atoms with Crippen LogP contribution in [0, 0.1) is 12.3 Å². The average molecular weight is 365 g/mol. The van der Waals surface area contributed by atoms with E-state index in [9.17, 15) is 8.42 Å². The van der Waals surface area contributed by atoms with E-state index in [-0.39, 0.29) is 19.0 Å². The first-order chi connectivity index (χ1) is 11.4. The van der Waals surface area contributed by atoms with Crippen LogP contribution in [0.3, 0.4) is 0 Å². The smallest absolute Gasteiger partial charge is 0.182 e. The fraction of sp³-hybridized carbons (Fsp3) is 0.333. The summed E-state index contributed by atoms with van der Waals surface area (Å²) in [6.07, 6.45) is 0. The minimum Gasteiger partial charge on any atom is -0.330 e. The molecule has 1 saturated carbocycles. The first kappa shape index (κ1) is 17.4. The molecule has 128 valence electrons. The fourth-order valence-corrected chi connectivity index (χ4v) is 6.26. The Morgan fingerprint density at radius 3 is 2.25 bits per heavy atom. The maximum atomic E-state index is 13.2. The number of halogens is 1. The molecule has 1 fully saturated rings. The Bertz CT molecular complexity index is 846. The number of hydrogen-bond acceptors (Lipinski definition) is 4. The minimum atomic E-state index is -3.53. The molecule has 0 radical (unpaired) electrons. The van der Waals surface area contributed by atoms with Crippen LogP contribution < -0.4 is 11.5 Å². The van der Waals surface area contributed by atoms with Gasteiger partial charge in [-0.3, -0.25) is 0 Å². The Hall–Kier alpha value is -1.40. The van der Waals surface area contributed by atoms with Crippen molar-refractivity contribution in [3.63, 3.8) is 0 Å². The van der Waals surface area contributed by atoms with Crippen LogP contribution in [0.2, 0.25) is 5.02 Å². The molecule has 0 bridgehead atoms. The Morgan fingerprint density at radius 2 is 1.71 bits per heavy atom. The highest BCUT2D eigenvalue weighted by Crippen LogP contribution is 2.63. The van der Waals surface area contributed by atoms with Gasteiger partial charge in [-0.2, -0.15) is 0 Å². The molecule has 2 aromatic carbocycles. The lowest BCUT2D eigenvalue weighted by molar-refractivity contribution is 0.510. The van der Waals surface area contributed by atoms with Gasteiger partial charge in [0.2, 0.25) is 0 Å². The van der Waals surface area contributed by atoms with Gasteiger partial charge < -0.3 is 11.5 Å². The quantitative estimate of drug-likeness (QED) is 0.853. The lowest BCUT2D eigenvalue weighted by Gasteiger charge is -2.13. The van der Waals surface area contributed by atoms with Crippen LogP contribution in [0.25, 0.3) is 0 Å². The molecule has 6 heteroatoms. The molecule has 0 aliphatic heterocycles. The molecule has 0 aromatic heterocycles. The van der Waals surface area contributed by atoms with Crippen molar-refractivity contribution in [2.24, 2.45) is 16.9 Å². The van der Waals surface area contributed by atoms with Crippen molar-refractivity contribution in [2.75, 3.05) is 13.1 Å². The number of hydrogen-bond donors (Lipinski definition) is 2. The van der Waals surface area contributed by atoms with E-state index >= 15 is 0 Å². The maximum Gasteiger partial charge on any atom is 0.182 e. The summed E-state index contributed by atoms with van der Waals surface area (Å²) in [5, 5.41) is -0.0463. The molecule has 0 heterocycles. The highest BCUT2D eigenvalue weighted by molar-refractivity contribution is 7.92. The van der Waals surface area contributed by atoms with Gasteiger partial charge in [-0.1, -0.05) is 41.4 Å². The van der Waals surface area contributed by atoms with Gasteiger partial charge >= 0.3 is 0 Å². The maximum absolute atomic E-state index is 13.2. The molecule has 2 aromatic rings.